The van der Waals surface area contributed by atoms with Gasteiger partial charge in [-0.1, -0.05) is 44.2 Å². The van der Waals surface area contributed by atoms with Crippen molar-refractivity contribution in [3.63, 3.8) is 0 Å². The van der Waals surface area contributed by atoms with Gasteiger partial charge in [-0.25, -0.2) is 8.78 Å². The summed E-state index contributed by atoms with van der Waals surface area (Å²) in [4.78, 5) is 28.4. The van der Waals surface area contributed by atoms with Gasteiger partial charge < -0.3 is 26.2 Å². The SMILES string of the molecule is CCCN(CCC)C(=O)C1=CC(O)=CC(C(N)=O)([C@H](Cc2cc(F)cc(F)c2)[C@@H](O)CNCc2ccccc2)C1. The molecule has 0 aromatic heterocycles. The zero-order valence-corrected chi connectivity index (χ0v) is 23.1. The number of carbonyl (C=O) groups excluding carboxylic acids is 2. The molecule has 2 amide bonds. The lowest BCUT2D eigenvalue weighted by molar-refractivity contribution is -0.132. The third kappa shape index (κ3) is 7.76. The monoisotopic (exact) mass is 555 g/mol. The first-order chi connectivity index (χ1) is 19.1. The average molecular weight is 556 g/mol. The van der Waals surface area contributed by atoms with Gasteiger partial charge in [-0.2, -0.15) is 0 Å². The number of benzene rings is 2. The van der Waals surface area contributed by atoms with E-state index in [9.17, 15) is 28.6 Å². The van der Waals surface area contributed by atoms with E-state index in [1.165, 1.54) is 12.2 Å². The largest absolute Gasteiger partial charge is 0.508 e. The van der Waals surface area contributed by atoms with Crippen molar-refractivity contribution in [2.24, 2.45) is 17.1 Å². The molecule has 1 aliphatic carbocycles. The van der Waals surface area contributed by atoms with Crippen molar-refractivity contribution in [3.05, 3.63) is 94.8 Å². The zero-order chi connectivity index (χ0) is 29.3. The molecule has 7 nitrogen and oxygen atoms in total. The smallest absolute Gasteiger partial charge is 0.249 e. The minimum Gasteiger partial charge on any atom is -0.508 e. The number of primary amides is 1. The number of aliphatic hydroxyl groups is 2. The van der Waals surface area contributed by atoms with Crippen molar-refractivity contribution in [3.8, 4) is 0 Å². The third-order valence-electron chi connectivity index (χ3n) is 7.25. The van der Waals surface area contributed by atoms with Crippen LogP contribution in [0.25, 0.3) is 0 Å². The summed E-state index contributed by atoms with van der Waals surface area (Å²) in [5.41, 5.74) is 5.62. The Morgan fingerprint density at radius 3 is 2.25 bits per heavy atom. The predicted octanol–water partition coefficient (Wildman–Crippen LogP) is 4.17. The van der Waals surface area contributed by atoms with E-state index < -0.39 is 35.0 Å². The minimum absolute atomic E-state index is 0.0196. The fourth-order valence-corrected chi connectivity index (χ4v) is 5.42. The molecular weight excluding hydrogens is 516 g/mol. The van der Waals surface area contributed by atoms with E-state index in [4.69, 9.17) is 5.73 Å². The summed E-state index contributed by atoms with van der Waals surface area (Å²) in [5, 5.41) is 25.4. The second-order valence-electron chi connectivity index (χ2n) is 10.4. The number of halogens is 2. The quantitative estimate of drug-likeness (QED) is 0.279. The Morgan fingerprint density at radius 2 is 1.68 bits per heavy atom. The van der Waals surface area contributed by atoms with Gasteiger partial charge in [0.05, 0.1) is 11.5 Å². The molecule has 0 spiro atoms. The van der Waals surface area contributed by atoms with Gasteiger partial charge in [-0.15, -0.1) is 0 Å². The molecule has 2 aromatic rings. The van der Waals surface area contributed by atoms with Crippen LogP contribution in [-0.4, -0.2) is 52.7 Å². The lowest BCUT2D eigenvalue weighted by atomic mass is 9.64. The summed E-state index contributed by atoms with van der Waals surface area (Å²) in [5.74, 6) is -4.16. The molecule has 3 rings (SSSR count). The fraction of sp³-hybridized carbons (Fsp3) is 0.419. The summed E-state index contributed by atoms with van der Waals surface area (Å²) in [6, 6.07) is 12.5. The standard InChI is InChI=1S/C31H39F2N3O4/c1-3-10-36(11-4-2)29(39)23-15-26(37)18-31(17-23,30(34)40)27(14-22-12-24(32)16-25(33)13-22)28(38)20-35-19-21-8-6-5-7-9-21/h5-9,12-13,15-16,18,27-28,35,37-38H,3-4,10-11,14,17,19-20H2,1-2H3,(H2,34,40)/t27-,28+,31?/m1/s1. The number of allylic oxidation sites excluding steroid dienone is 1. The summed E-state index contributed by atoms with van der Waals surface area (Å²) in [6.07, 6.45) is 2.49. The predicted molar refractivity (Wildman–Crippen MR) is 150 cm³/mol. The van der Waals surface area contributed by atoms with Gasteiger partial charge in [-0.3, -0.25) is 9.59 Å². The van der Waals surface area contributed by atoms with Gasteiger partial charge in [0.15, 0.2) is 0 Å². The highest BCUT2D eigenvalue weighted by atomic mass is 19.1. The van der Waals surface area contributed by atoms with E-state index in [1.807, 2.05) is 44.2 Å². The molecule has 0 saturated heterocycles. The topological polar surface area (TPSA) is 116 Å². The summed E-state index contributed by atoms with van der Waals surface area (Å²) in [7, 11) is 0. The molecule has 9 heteroatoms. The van der Waals surface area contributed by atoms with Crippen LogP contribution in [0.4, 0.5) is 8.78 Å². The maximum Gasteiger partial charge on any atom is 0.249 e. The molecule has 216 valence electrons. The maximum atomic E-state index is 14.1. The zero-order valence-electron chi connectivity index (χ0n) is 23.1. The molecule has 2 aromatic carbocycles. The molecule has 1 aliphatic rings. The van der Waals surface area contributed by atoms with E-state index in [0.29, 0.717) is 19.6 Å². The average Bonchev–Trinajstić information content (AvgIpc) is 2.90. The second kappa shape index (κ2) is 14.2. The second-order valence-corrected chi connectivity index (χ2v) is 10.4. The van der Waals surface area contributed by atoms with Crippen LogP contribution in [0.2, 0.25) is 0 Å². The van der Waals surface area contributed by atoms with Crippen LogP contribution in [0.3, 0.4) is 0 Å². The molecule has 0 fully saturated rings. The lowest BCUT2D eigenvalue weighted by Crippen LogP contribution is -2.51. The highest BCUT2D eigenvalue weighted by Crippen LogP contribution is 2.44. The van der Waals surface area contributed by atoms with Gasteiger partial charge in [0.2, 0.25) is 11.8 Å². The summed E-state index contributed by atoms with van der Waals surface area (Å²) >= 11 is 0. The molecule has 3 atom stereocenters. The van der Waals surface area contributed by atoms with Crippen LogP contribution >= 0.6 is 0 Å². The molecular formula is C31H39F2N3O4. The van der Waals surface area contributed by atoms with Crippen LogP contribution in [0.15, 0.2) is 72.0 Å². The molecule has 1 unspecified atom stereocenters. The Hall–Kier alpha value is -3.56. The Labute approximate surface area is 234 Å². The van der Waals surface area contributed by atoms with E-state index in [2.05, 4.69) is 5.32 Å². The number of nitrogens with zero attached hydrogens (tertiary/aromatic N) is 1. The van der Waals surface area contributed by atoms with Crippen LogP contribution in [0.1, 0.15) is 44.2 Å². The van der Waals surface area contributed by atoms with Crippen molar-refractivity contribution in [2.75, 3.05) is 19.6 Å². The molecule has 0 saturated carbocycles. The van der Waals surface area contributed by atoms with Crippen molar-refractivity contribution < 1.29 is 28.6 Å². The number of aliphatic hydroxyl groups excluding tert-OH is 2. The number of nitrogens with two attached hydrogens (primary N) is 1. The number of hydrogen-bond donors (Lipinski definition) is 4. The molecule has 5 N–H and O–H groups in total. The Balaban J connectivity index is 1.99. The van der Waals surface area contributed by atoms with Gasteiger partial charge in [-0.05, 0) is 61.1 Å². The van der Waals surface area contributed by atoms with Gasteiger partial charge in [0.25, 0.3) is 0 Å². The van der Waals surface area contributed by atoms with Crippen molar-refractivity contribution in [2.45, 2.75) is 52.2 Å². The van der Waals surface area contributed by atoms with E-state index in [-0.39, 0.29) is 42.2 Å². The number of hydrogen-bond acceptors (Lipinski definition) is 5. The molecule has 0 heterocycles. The van der Waals surface area contributed by atoms with Gasteiger partial charge >= 0.3 is 0 Å². The maximum absolute atomic E-state index is 14.1. The molecule has 0 aliphatic heterocycles. The lowest BCUT2D eigenvalue weighted by Gasteiger charge is -2.41. The van der Waals surface area contributed by atoms with E-state index in [1.54, 1.807) is 4.90 Å². The number of amides is 2. The first kappa shape index (κ1) is 31.0. The van der Waals surface area contributed by atoms with E-state index >= 15 is 0 Å². The summed E-state index contributed by atoms with van der Waals surface area (Å²) < 4.78 is 28.2. The number of rotatable bonds is 14. The highest BCUT2D eigenvalue weighted by Gasteiger charge is 2.49. The Morgan fingerprint density at radius 1 is 1.05 bits per heavy atom. The first-order valence-corrected chi connectivity index (χ1v) is 13.7. The fourth-order valence-electron chi connectivity index (χ4n) is 5.42. The summed E-state index contributed by atoms with van der Waals surface area (Å²) in [6.45, 7) is 5.33. The number of nitrogens with one attached hydrogen (secondary N) is 1. The highest BCUT2D eigenvalue weighted by molar-refractivity contribution is 5.96. The molecule has 0 bridgehead atoms. The van der Waals surface area contributed by atoms with Crippen LogP contribution < -0.4 is 11.1 Å². The van der Waals surface area contributed by atoms with Crippen LogP contribution in [0, 0.1) is 23.0 Å². The third-order valence-corrected chi connectivity index (χ3v) is 7.25. The molecule has 0 radical (unpaired) electrons. The Bertz CT molecular complexity index is 1210. The van der Waals surface area contributed by atoms with E-state index in [0.717, 1.165) is 36.6 Å². The molecule has 40 heavy (non-hydrogen) atoms. The van der Waals surface area contributed by atoms with Gasteiger partial charge in [0.1, 0.15) is 17.4 Å². The van der Waals surface area contributed by atoms with Gasteiger partial charge in [0, 0.05) is 43.7 Å². The van der Waals surface area contributed by atoms with Crippen molar-refractivity contribution >= 4 is 11.8 Å². The normalized spacial score (nSPS) is 18.4. The van der Waals surface area contributed by atoms with Crippen molar-refractivity contribution in [1.82, 2.24) is 10.2 Å². The van der Waals surface area contributed by atoms with Crippen molar-refractivity contribution in [1.29, 1.82) is 0 Å². The minimum atomic E-state index is -1.70. The number of carbonyl (C=O) groups is 2. The van der Waals surface area contributed by atoms with Crippen LogP contribution in [-0.2, 0) is 22.6 Å². The first-order valence-electron chi connectivity index (χ1n) is 13.7. The Kier molecular flexibility index (Phi) is 11.0. The van der Waals surface area contributed by atoms with Crippen LogP contribution in [0.5, 0.6) is 0 Å².